The molecule has 90 valence electrons. The Morgan fingerprint density at radius 1 is 1.27 bits per heavy atom. The largest absolute Gasteiger partial charge is 0.317 e. The summed E-state index contributed by atoms with van der Waals surface area (Å²) in [5, 5.41) is 6.80. The van der Waals surface area contributed by atoms with Gasteiger partial charge in [-0.1, -0.05) is 13.8 Å². The minimum Gasteiger partial charge on any atom is -0.317 e. The van der Waals surface area contributed by atoms with Crippen LogP contribution < -0.4 is 10.6 Å². The van der Waals surface area contributed by atoms with Crippen molar-refractivity contribution in [3.63, 3.8) is 0 Å². The van der Waals surface area contributed by atoms with Crippen molar-refractivity contribution < 1.29 is 0 Å². The summed E-state index contributed by atoms with van der Waals surface area (Å²) in [4.78, 5) is 2.57. The molecule has 0 bridgehead atoms. The van der Waals surface area contributed by atoms with Crippen molar-refractivity contribution in [3.8, 4) is 0 Å². The van der Waals surface area contributed by atoms with E-state index in [1.807, 2.05) is 0 Å². The van der Waals surface area contributed by atoms with E-state index in [1.165, 1.54) is 45.6 Å². The molecule has 1 unspecified atom stereocenters. The predicted octanol–water partition coefficient (Wildman–Crippen LogP) is 0.916. The maximum Gasteiger partial charge on any atom is 0.0107 e. The van der Waals surface area contributed by atoms with Crippen LogP contribution in [-0.2, 0) is 0 Å². The molecule has 0 aromatic heterocycles. The van der Waals surface area contributed by atoms with Gasteiger partial charge in [-0.2, -0.15) is 0 Å². The molecule has 0 aromatic rings. The van der Waals surface area contributed by atoms with Crippen LogP contribution in [0.4, 0.5) is 0 Å². The van der Waals surface area contributed by atoms with Gasteiger partial charge in [0.15, 0.2) is 0 Å². The van der Waals surface area contributed by atoms with Crippen molar-refractivity contribution in [2.45, 2.75) is 32.7 Å². The van der Waals surface area contributed by atoms with Crippen molar-refractivity contribution in [1.29, 1.82) is 0 Å². The molecular weight excluding hydrogens is 186 g/mol. The van der Waals surface area contributed by atoms with Crippen molar-refractivity contribution in [3.05, 3.63) is 0 Å². The summed E-state index contributed by atoms with van der Waals surface area (Å²) in [6, 6.07) is 0.688. The SMILES string of the molecule is CNC(CCCN1CCNCC1)C(C)C. The van der Waals surface area contributed by atoms with Gasteiger partial charge in [0.2, 0.25) is 0 Å². The van der Waals surface area contributed by atoms with E-state index in [2.05, 4.69) is 36.4 Å². The lowest BCUT2D eigenvalue weighted by atomic mass is 9.99. The van der Waals surface area contributed by atoms with Crippen LogP contribution in [0.2, 0.25) is 0 Å². The van der Waals surface area contributed by atoms with Crippen LogP contribution in [0.25, 0.3) is 0 Å². The molecule has 0 saturated carbocycles. The fourth-order valence-electron chi connectivity index (χ4n) is 2.28. The maximum atomic E-state index is 3.41. The van der Waals surface area contributed by atoms with Crippen molar-refractivity contribution in [2.24, 2.45) is 5.92 Å². The van der Waals surface area contributed by atoms with E-state index in [-0.39, 0.29) is 0 Å². The summed E-state index contributed by atoms with van der Waals surface area (Å²) in [5.74, 6) is 0.748. The molecule has 1 atom stereocenters. The number of hydrogen-bond acceptors (Lipinski definition) is 3. The Morgan fingerprint density at radius 3 is 2.47 bits per heavy atom. The molecule has 1 heterocycles. The molecular formula is C12H27N3. The second-order valence-corrected chi connectivity index (χ2v) is 4.87. The van der Waals surface area contributed by atoms with Crippen molar-refractivity contribution in [2.75, 3.05) is 39.8 Å². The molecule has 15 heavy (non-hydrogen) atoms. The van der Waals surface area contributed by atoms with Crippen LogP contribution in [0.15, 0.2) is 0 Å². The molecule has 3 heteroatoms. The Hall–Kier alpha value is -0.120. The van der Waals surface area contributed by atoms with Gasteiger partial charge in [-0.05, 0) is 32.4 Å². The zero-order chi connectivity index (χ0) is 11.1. The molecule has 1 fully saturated rings. The lowest BCUT2D eigenvalue weighted by Crippen LogP contribution is -2.44. The fourth-order valence-corrected chi connectivity index (χ4v) is 2.28. The van der Waals surface area contributed by atoms with Crippen LogP contribution in [-0.4, -0.2) is 50.7 Å². The van der Waals surface area contributed by atoms with E-state index in [9.17, 15) is 0 Å². The molecule has 0 spiro atoms. The molecule has 1 aliphatic heterocycles. The molecule has 0 aliphatic carbocycles. The van der Waals surface area contributed by atoms with Gasteiger partial charge < -0.3 is 15.5 Å². The Kier molecular flexibility index (Phi) is 6.22. The first-order valence-electron chi connectivity index (χ1n) is 6.34. The number of rotatable bonds is 6. The molecule has 1 rings (SSSR count). The van der Waals surface area contributed by atoms with E-state index in [0.717, 1.165) is 5.92 Å². The predicted molar refractivity (Wildman–Crippen MR) is 66.2 cm³/mol. The lowest BCUT2D eigenvalue weighted by molar-refractivity contribution is 0.230. The Labute approximate surface area is 94.6 Å². The highest BCUT2D eigenvalue weighted by Crippen LogP contribution is 2.08. The molecule has 1 saturated heterocycles. The summed E-state index contributed by atoms with van der Waals surface area (Å²) in [6.45, 7) is 10.7. The first-order chi connectivity index (χ1) is 7.24. The Balaban J connectivity index is 2.08. The van der Waals surface area contributed by atoms with Crippen molar-refractivity contribution in [1.82, 2.24) is 15.5 Å². The van der Waals surface area contributed by atoms with E-state index in [4.69, 9.17) is 0 Å². The number of hydrogen-bond donors (Lipinski definition) is 2. The van der Waals surface area contributed by atoms with Gasteiger partial charge >= 0.3 is 0 Å². The maximum absolute atomic E-state index is 3.41. The first kappa shape index (κ1) is 12.9. The average Bonchev–Trinajstić information content (AvgIpc) is 2.25. The molecule has 1 aliphatic rings. The smallest absolute Gasteiger partial charge is 0.0107 e. The van der Waals surface area contributed by atoms with Gasteiger partial charge in [0.25, 0.3) is 0 Å². The van der Waals surface area contributed by atoms with Crippen LogP contribution >= 0.6 is 0 Å². The zero-order valence-corrected chi connectivity index (χ0v) is 10.6. The van der Waals surface area contributed by atoms with Gasteiger partial charge in [-0.25, -0.2) is 0 Å². The molecule has 0 amide bonds. The van der Waals surface area contributed by atoms with E-state index in [0.29, 0.717) is 6.04 Å². The zero-order valence-electron chi connectivity index (χ0n) is 10.6. The second kappa shape index (κ2) is 7.20. The summed E-state index contributed by atoms with van der Waals surface area (Å²) in [7, 11) is 2.08. The van der Waals surface area contributed by atoms with Gasteiger partial charge in [0.05, 0.1) is 0 Å². The fraction of sp³-hybridized carbons (Fsp3) is 1.00. The lowest BCUT2D eigenvalue weighted by Gasteiger charge is -2.28. The molecule has 3 nitrogen and oxygen atoms in total. The summed E-state index contributed by atoms with van der Waals surface area (Å²) < 4.78 is 0. The van der Waals surface area contributed by atoms with Crippen LogP contribution in [0.5, 0.6) is 0 Å². The van der Waals surface area contributed by atoms with Crippen LogP contribution in [0.1, 0.15) is 26.7 Å². The third-order valence-corrected chi connectivity index (χ3v) is 3.37. The van der Waals surface area contributed by atoms with E-state index >= 15 is 0 Å². The minimum atomic E-state index is 0.688. The number of nitrogens with one attached hydrogen (secondary N) is 2. The summed E-state index contributed by atoms with van der Waals surface area (Å²) >= 11 is 0. The average molecular weight is 213 g/mol. The van der Waals surface area contributed by atoms with Gasteiger partial charge in [0, 0.05) is 32.2 Å². The highest BCUT2D eigenvalue weighted by atomic mass is 15.2. The molecule has 0 radical (unpaired) electrons. The minimum absolute atomic E-state index is 0.688. The van der Waals surface area contributed by atoms with Gasteiger partial charge in [-0.3, -0.25) is 0 Å². The third-order valence-electron chi connectivity index (χ3n) is 3.37. The first-order valence-corrected chi connectivity index (χ1v) is 6.34. The second-order valence-electron chi connectivity index (χ2n) is 4.87. The van der Waals surface area contributed by atoms with Gasteiger partial charge in [0.1, 0.15) is 0 Å². The monoisotopic (exact) mass is 213 g/mol. The number of piperazine rings is 1. The Morgan fingerprint density at radius 2 is 1.93 bits per heavy atom. The Bertz CT molecular complexity index is 153. The standard InChI is InChI=1S/C12H27N3/c1-11(2)12(13-3)5-4-8-15-9-6-14-7-10-15/h11-14H,4-10H2,1-3H3. The summed E-state index contributed by atoms with van der Waals surface area (Å²) in [5.41, 5.74) is 0. The van der Waals surface area contributed by atoms with E-state index < -0.39 is 0 Å². The highest BCUT2D eigenvalue weighted by Gasteiger charge is 2.12. The normalized spacial score (nSPS) is 20.8. The molecule has 2 N–H and O–H groups in total. The molecule has 0 aromatic carbocycles. The summed E-state index contributed by atoms with van der Waals surface area (Å²) in [6.07, 6.45) is 2.63. The topological polar surface area (TPSA) is 27.3 Å². The third kappa shape index (κ3) is 4.96. The van der Waals surface area contributed by atoms with Gasteiger partial charge in [-0.15, -0.1) is 0 Å². The van der Waals surface area contributed by atoms with Crippen LogP contribution in [0, 0.1) is 5.92 Å². The quantitative estimate of drug-likeness (QED) is 0.687. The van der Waals surface area contributed by atoms with E-state index in [1.54, 1.807) is 0 Å². The number of nitrogens with zero attached hydrogens (tertiary/aromatic N) is 1. The van der Waals surface area contributed by atoms with Crippen molar-refractivity contribution >= 4 is 0 Å². The van der Waals surface area contributed by atoms with Crippen LogP contribution in [0.3, 0.4) is 0 Å². The highest BCUT2D eigenvalue weighted by molar-refractivity contribution is 4.71.